The maximum absolute atomic E-state index is 11.8. The molecule has 172 valence electrons. The molecule has 0 aromatic heterocycles. The summed E-state index contributed by atoms with van der Waals surface area (Å²) in [4.78, 5) is 22.6. The van der Waals surface area contributed by atoms with Gasteiger partial charge in [0, 0.05) is 11.4 Å². The van der Waals surface area contributed by atoms with Gasteiger partial charge in [-0.05, 0) is 61.1 Å². The van der Waals surface area contributed by atoms with Crippen LogP contribution in [0, 0.1) is 0 Å². The highest BCUT2D eigenvalue weighted by Crippen LogP contribution is 2.31. The summed E-state index contributed by atoms with van der Waals surface area (Å²) in [6.07, 6.45) is 4.42. The maximum atomic E-state index is 11.8. The molecule has 32 heavy (non-hydrogen) atoms. The Balaban J connectivity index is 1.39. The first kappa shape index (κ1) is 24.1. The number of halogens is 1. The van der Waals surface area contributed by atoms with Crippen molar-refractivity contribution >= 4 is 23.5 Å². The van der Waals surface area contributed by atoms with Gasteiger partial charge in [0.15, 0.2) is 5.60 Å². The predicted octanol–water partition coefficient (Wildman–Crippen LogP) is 4.93. The smallest absolute Gasteiger partial charge is 0.339 e. The van der Waals surface area contributed by atoms with Gasteiger partial charge in [-0.15, -0.1) is 0 Å². The zero-order chi connectivity index (χ0) is 23.0. The summed E-state index contributed by atoms with van der Waals surface area (Å²) in [7, 11) is 0. The molecule has 2 aromatic carbocycles. The third-order valence-electron chi connectivity index (χ3n) is 5.69. The lowest BCUT2D eigenvalue weighted by Crippen LogP contribution is -2.36. The van der Waals surface area contributed by atoms with Crippen LogP contribution in [0.2, 0.25) is 5.02 Å². The molecule has 0 aliphatic carbocycles. The summed E-state index contributed by atoms with van der Waals surface area (Å²) in [5.41, 5.74) is 0.411. The molecule has 0 saturated carbocycles. The van der Waals surface area contributed by atoms with Gasteiger partial charge in [-0.25, -0.2) is 4.79 Å². The van der Waals surface area contributed by atoms with Crippen molar-refractivity contribution in [2.75, 3.05) is 0 Å². The monoisotopic (exact) mass is 460 g/mol. The number of cyclic esters (lactones) is 1. The number of carboxylic acid groups (broad SMARTS) is 1. The number of esters is 1. The number of aliphatic hydroxyl groups is 1. The Kier molecular flexibility index (Phi) is 8.53. The first-order chi connectivity index (χ1) is 15.4. The van der Waals surface area contributed by atoms with E-state index >= 15 is 0 Å². The molecule has 0 bridgehead atoms. The molecule has 1 aliphatic rings. The van der Waals surface area contributed by atoms with Crippen LogP contribution in [0.25, 0.3) is 0 Å². The molecule has 7 heteroatoms. The van der Waals surface area contributed by atoms with Crippen molar-refractivity contribution in [3.63, 3.8) is 0 Å². The second-order valence-corrected chi connectivity index (χ2v) is 8.74. The number of unbranched alkanes of at least 4 members (excludes halogenated alkanes) is 3. The first-order valence-corrected chi connectivity index (χ1v) is 11.3. The summed E-state index contributed by atoms with van der Waals surface area (Å²) < 4.78 is 11.0. The van der Waals surface area contributed by atoms with Crippen LogP contribution in [0.3, 0.4) is 0 Å². The van der Waals surface area contributed by atoms with Gasteiger partial charge in [-0.3, -0.25) is 4.79 Å². The Labute approximate surface area is 193 Å². The third kappa shape index (κ3) is 6.97. The highest BCUT2D eigenvalue weighted by molar-refractivity contribution is 6.30. The van der Waals surface area contributed by atoms with Crippen LogP contribution in [0.15, 0.2) is 48.5 Å². The Morgan fingerprint density at radius 3 is 2.59 bits per heavy atom. The van der Waals surface area contributed by atoms with E-state index in [-0.39, 0.29) is 6.42 Å². The molecule has 6 nitrogen and oxygen atoms in total. The predicted molar refractivity (Wildman–Crippen MR) is 121 cm³/mol. The number of carbonyl (C=O) groups excluding carboxylic acids is 1. The van der Waals surface area contributed by atoms with Gasteiger partial charge < -0.3 is 19.7 Å². The molecule has 2 N–H and O–H groups in total. The number of ether oxygens (including phenoxy) is 2. The second kappa shape index (κ2) is 11.3. The van der Waals surface area contributed by atoms with E-state index in [0.717, 1.165) is 43.4 Å². The Morgan fingerprint density at radius 2 is 1.84 bits per heavy atom. The number of para-hydroxylation sites is 1. The molecule has 2 aromatic rings. The van der Waals surface area contributed by atoms with E-state index in [4.69, 9.17) is 26.2 Å². The molecule has 1 saturated heterocycles. The highest BCUT2D eigenvalue weighted by Gasteiger charge is 2.48. The number of carboxylic acids is 1. The molecule has 1 heterocycles. The minimum atomic E-state index is -1.89. The zero-order valence-electron chi connectivity index (χ0n) is 18.0. The molecule has 0 radical (unpaired) electrons. The molecule has 0 spiro atoms. The fourth-order valence-corrected chi connectivity index (χ4v) is 4.20. The fraction of sp³-hybridized carbons (Fsp3) is 0.440. The molecule has 1 fully saturated rings. The van der Waals surface area contributed by atoms with Gasteiger partial charge in [0.25, 0.3) is 0 Å². The van der Waals surface area contributed by atoms with Crippen LogP contribution in [0.1, 0.15) is 56.1 Å². The number of aryl methyl sites for hydroxylation is 1. The lowest BCUT2D eigenvalue weighted by Gasteiger charge is -2.14. The van der Waals surface area contributed by atoms with Crippen molar-refractivity contribution in [2.24, 2.45) is 0 Å². The standard InChI is InChI=1S/C25H29ClO6/c26-20-13-12-18(19(14-20)17-31-21-9-6-3-7-10-21)8-4-1-2-5-11-22-15-25(30,16-23(27)28)24(29)32-22/h3,6-7,9-10,12-14,22,30H,1-2,4-5,8,11,15-17H2,(H,27,28)/t22-,25+/m1/s1. The third-order valence-corrected chi connectivity index (χ3v) is 5.93. The Morgan fingerprint density at radius 1 is 1.09 bits per heavy atom. The summed E-state index contributed by atoms with van der Waals surface area (Å²) in [6, 6.07) is 15.6. The van der Waals surface area contributed by atoms with Gasteiger partial charge >= 0.3 is 11.9 Å². The lowest BCUT2D eigenvalue weighted by atomic mass is 9.93. The van der Waals surface area contributed by atoms with Crippen molar-refractivity contribution < 1.29 is 29.3 Å². The number of carbonyl (C=O) groups is 2. The van der Waals surface area contributed by atoms with Gasteiger partial charge in [0.2, 0.25) is 0 Å². The number of rotatable bonds is 12. The van der Waals surface area contributed by atoms with Crippen molar-refractivity contribution in [3.8, 4) is 5.75 Å². The normalized spacial score (nSPS) is 20.2. The van der Waals surface area contributed by atoms with E-state index in [9.17, 15) is 14.7 Å². The van der Waals surface area contributed by atoms with Crippen LogP contribution >= 0.6 is 11.6 Å². The Hall–Kier alpha value is -2.57. The SMILES string of the molecule is O=C(O)C[C@@]1(O)C[C@@H](CCCCCCc2ccc(Cl)cc2COc2ccccc2)OC1=O. The summed E-state index contributed by atoms with van der Waals surface area (Å²) in [6.45, 7) is 0.464. The minimum Gasteiger partial charge on any atom is -0.489 e. The summed E-state index contributed by atoms with van der Waals surface area (Å²) in [5, 5.41) is 19.7. The van der Waals surface area contributed by atoms with Crippen molar-refractivity contribution in [2.45, 2.75) is 69.7 Å². The molecule has 3 rings (SSSR count). The summed E-state index contributed by atoms with van der Waals surface area (Å²) >= 11 is 6.18. The average molecular weight is 461 g/mol. The highest BCUT2D eigenvalue weighted by atomic mass is 35.5. The van der Waals surface area contributed by atoms with Gasteiger partial charge in [0.05, 0.1) is 6.42 Å². The molecular formula is C25H29ClO6. The van der Waals surface area contributed by atoms with Crippen LogP contribution < -0.4 is 4.74 Å². The van der Waals surface area contributed by atoms with E-state index in [2.05, 4.69) is 0 Å². The average Bonchev–Trinajstić information content (AvgIpc) is 3.03. The van der Waals surface area contributed by atoms with E-state index < -0.39 is 30.1 Å². The number of benzene rings is 2. The van der Waals surface area contributed by atoms with E-state index in [1.165, 1.54) is 5.56 Å². The molecule has 0 unspecified atom stereocenters. The molecular weight excluding hydrogens is 432 g/mol. The van der Waals surface area contributed by atoms with Crippen molar-refractivity contribution in [1.29, 1.82) is 0 Å². The minimum absolute atomic E-state index is 0.0493. The largest absolute Gasteiger partial charge is 0.489 e. The van der Waals surface area contributed by atoms with Crippen LogP contribution in [-0.2, 0) is 27.4 Å². The van der Waals surface area contributed by atoms with E-state index in [0.29, 0.717) is 18.1 Å². The number of aliphatic carboxylic acids is 1. The lowest BCUT2D eigenvalue weighted by molar-refractivity contribution is -0.160. The first-order valence-electron chi connectivity index (χ1n) is 11.0. The van der Waals surface area contributed by atoms with Gasteiger partial charge in [-0.2, -0.15) is 0 Å². The van der Waals surface area contributed by atoms with Crippen LogP contribution in [-0.4, -0.2) is 33.9 Å². The fourth-order valence-electron chi connectivity index (χ4n) is 4.01. The molecule has 2 atom stereocenters. The van der Waals surface area contributed by atoms with Gasteiger partial charge in [0.1, 0.15) is 18.5 Å². The second-order valence-electron chi connectivity index (χ2n) is 8.30. The van der Waals surface area contributed by atoms with E-state index in [1.807, 2.05) is 48.5 Å². The molecule has 0 amide bonds. The topological polar surface area (TPSA) is 93.1 Å². The van der Waals surface area contributed by atoms with Gasteiger partial charge in [-0.1, -0.05) is 48.7 Å². The maximum Gasteiger partial charge on any atom is 0.339 e. The number of hydrogen-bond acceptors (Lipinski definition) is 5. The van der Waals surface area contributed by atoms with Crippen molar-refractivity contribution in [1.82, 2.24) is 0 Å². The van der Waals surface area contributed by atoms with Crippen LogP contribution in [0.5, 0.6) is 5.75 Å². The van der Waals surface area contributed by atoms with Crippen LogP contribution in [0.4, 0.5) is 0 Å². The van der Waals surface area contributed by atoms with Crippen molar-refractivity contribution in [3.05, 3.63) is 64.7 Å². The molecule has 1 aliphatic heterocycles. The summed E-state index contributed by atoms with van der Waals surface area (Å²) in [5.74, 6) is -1.21. The Bertz CT molecular complexity index is 916. The quantitative estimate of drug-likeness (QED) is 0.344. The zero-order valence-corrected chi connectivity index (χ0v) is 18.7. The van der Waals surface area contributed by atoms with E-state index in [1.54, 1.807) is 0 Å². The number of hydrogen-bond donors (Lipinski definition) is 2.